The number of ether oxygens (including phenoxy) is 2. The van der Waals surface area contributed by atoms with Gasteiger partial charge in [-0.3, -0.25) is 23.7 Å². The maximum Gasteiger partial charge on any atom is 0.333 e. The van der Waals surface area contributed by atoms with Gasteiger partial charge in [-0.25, -0.2) is 9.36 Å². The highest BCUT2D eigenvalue weighted by Gasteiger charge is 2.25. The molecule has 0 unspecified atom stereocenters. The van der Waals surface area contributed by atoms with Crippen LogP contribution in [0.15, 0.2) is 63.0 Å². The van der Waals surface area contributed by atoms with Gasteiger partial charge in [-0.15, -0.1) is 11.8 Å². The fourth-order valence-electron chi connectivity index (χ4n) is 3.59. The minimum absolute atomic E-state index is 0.0489. The normalized spacial score (nSPS) is 10.7. The number of methoxy groups -OCH3 is 1. The Kier molecular flexibility index (Phi) is 9.07. The highest BCUT2D eigenvalue weighted by molar-refractivity contribution is 8.00. The number of Topliss-reactive ketones (excluding diaryl/α,β-unsaturated/α-hetero) is 1. The summed E-state index contributed by atoms with van der Waals surface area (Å²) in [6.45, 7) is 2.37. The molecule has 0 amide bonds. The molecule has 0 aliphatic rings. The summed E-state index contributed by atoms with van der Waals surface area (Å²) in [4.78, 5) is 64.0. The molecule has 0 bridgehead atoms. The third-order valence-electron chi connectivity index (χ3n) is 5.49. The first-order valence-corrected chi connectivity index (χ1v) is 12.2. The molecule has 10 nitrogen and oxygen atoms in total. The molecule has 0 atom stereocenters. The van der Waals surface area contributed by atoms with E-state index in [4.69, 9.17) is 10.5 Å². The number of benzene rings is 2. The Morgan fingerprint density at radius 2 is 1.68 bits per heavy atom. The standard InChI is InChI=1S/C26H27N3O7S/c1-16-9-10-20(17(2)11-16)37-15-22(32)36-14-19(30)23-24(27)28(12-18-7-5-4-6-8-18)26(34)29(25(23)33)13-21(31)35-3/h4-11H,12-15,27H2,1-3H3. The largest absolute Gasteiger partial charge is 0.468 e. The lowest BCUT2D eigenvalue weighted by Gasteiger charge is -2.16. The van der Waals surface area contributed by atoms with Crippen molar-refractivity contribution >= 4 is 35.3 Å². The number of aryl methyl sites for hydroxylation is 2. The lowest BCUT2D eigenvalue weighted by molar-refractivity contribution is -0.141. The van der Waals surface area contributed by atoms with Gasteiger partial charge >= 0.3 is 17.6 Å². The third kappa shape index (κ3) is 6.76. The number of carbonyl (C=O) groups is 3. The van der Waals surface area contributed by atoms with Crippen molar-refractivity contribution < 1.29 is 23.9 Å². The zero-order valence-electron chi connectivity index (χ0n) is 20.7. The van der Waals surface area contributed by atoms with E-state index in [-0.39, 0.29) is 18.1 Å². The van der Waals surface area contributed by atoms with E-state index in [1.807, 2.05) is 32.0 Å². The Morgan fingerprint density at radius 3 is 2.32 bits per heavy atom. The molecule has 0 saturated heterocycles. The molecule has 3 aromatic rings. The van der Waals surface area contributed by atoms with Gasteiger partial charge in [0.15, 0.2) is 6.61 Å². The molecule has 1 aromatic heterocycles. The summed E-state index contributed by atoms with van der Waals surface area (Å²) in [6, 6.07) is 14.6. The van der Waals surface area contributed by atoms with Gasteiger partial charge in [-0.05, 0) is 31.0 Å². The van der Waals surface area contributed by atoms with Crippen molar-refractivity contribution in [3.05, 3.63) is 91.6 Å². The molecule has 3 rings (SSSR count). The topological polar surface area (TPSA) is 140 Å². The second-order valence-corrected chi connectivity index (χ2v) is 9.24. The maximum absolute atomic E-state index is 13.0. The van der Waals surface area contributed by atoms with E-state index in [0.29, 0.717) is 10.1 Å². The van der Waals surface area contributed by atoms with Gasteiger partial charge in [0, 0.05) is 4.90 Å². The average molecular weight is 526 g/mol. The molecule has 0 aliphatic carbocycles. The van der Waals surface area contributed by atoms with E-state index in [0.717, 1.165) is 27.7 Å². The third-order valence-corrected chi connectivity index (χ3v) is 6.63. The van der Waals surface area contributed by atoms with Gasteiger partial charge in [-0.2, -0.15) is 0 Å². The van der Waals surface area contributed by atoms with Crippen LogP contribution < -0.4 is 17.0 Å². The predicted octanol–water partition coefficient (Wildman–Crippen LogP) is 1.95. The van der Waals surface area contributed by atoms with Gasteiger partial charge in [-0.1, -0.05) is 48.0 Å². The van der Waals surface area contributed by atoms with Crippen LogP contribution in [-0.4, -0.2) is 46.3 Å². The number of hydrogen-bond donors (Lipinski definition) is 1. The summed E-state index contributed by atoms with van der Waals surface area (Å²) >= 11 is 1.26. The number of nitrogen functional groups attached to an aromatic ring is 1. The van der Waals surface area contributed by atoms with Crippen molar-refractivity contribution in [2.75, 3.05) is 25.2 Å². The smallest absolute Gasteiger partial charge is 0.333 e. The van der Waals surface area contributed by atoms with E-state index in [9.17, 15) is 24.0 Å². The Balaban J connectivity index is 1.84. The van der Waals surface area contributed by atoms with Crippen LogP contribution in [0.3, 0.4) is 0 Å². The molecule has 2 N–H and O–H groups in total. The number of carbonyl (C=O) groups excluding carboxylic acids is 3. The second-order valence-electron chi connectivity index (χ2n) is 8.22. The van der Waals surface area contributed by atoms with Gasteiger partial charge in [0.25, 0.3) is 5.56 Å². The summed E-state index contributed by atoms with van der Waals surface area (Å²) in [6.07, 6.45) is 0. The molecule has 0 fully saturated rings. The van der Waals surface area contributed by atoms with E-state index in [1.54, 1.807) is 30.3 Å². The molecule has 1 heterocycles. The average Bonchev–Trinajstić information content (AvgIpc) is 2.87. The number of anilines is 1. The number of thioether (sulfide) groups is 1. The Hall–Kier alpha value is -4.12. The second kappa shape index (κ2) is 12.2. The predicted molar refractivity (Wildman–Crippen MR) is 139 cm³/mol. The molecule has 37 heavy (non-hydrogen) atoms. The molecule has 194 valence electrons. The highest BCUT2D eigenvalue weighted by Crippen LogP contribution is 2.23. The number of aromatic nitrogens is 2. The first-order valence-electron chi connectivity index (χ1n) is 11.2. The van der Waals surface area contributed by atoms with Crippen LogP contribution in [0.2, 0.25) is 0 Å². The van der Waals surface area contributed by atoms with Crippen LogP contribution >= 0.6 is 11.8 Å². The first kappa shape index (κ1) is 27.5. The molecule has 0 saturated carbocycles. The van der Waals surface area contributed by atoms with Crippen LogP contribution in [0.1, 0.15) is 27.0 Å². The van der Waals surface area contributed by atoms with Gasteiger partial charge < -0.3 is 15.2 Å². The van der Waals surface area contributed by atoms with Crippen molar-refractivity contribution in [2.24, 2.45) is 0 Å². The fraction of sp³-hybridized carbons (Fsp3) is 0.269. The Labute approximate surface area is 217 Å². The molecule has 0 aliphatic heterocycles. The van der Waals surface area contributed by atoms with Crippen molar-refractivity contribution in [1.29, 1.82) is 0 Å². The summed E-state index contributed by atoms with van der Waals surface area (Å²) in [5.41, 5.74) is 6.39. The van der Waals surface area contributed by atoms with Crippen LogP contribution in [-0.2, 0) is 32.2 Å². The van der Waals surface area contributed by atoms with Crippen LogP contribution in [0.4, 0.5) is 5.82 Å². The Bertz CT molecular complexity index is 1450. The fourth-order valence-corrected chi connectivity index (χ4v) is 4.39. The van der Waals surface area contributed by atoms with Gasteiger partial charge in [0.1, 0.15) is 17.9 Å². The van der Waals surface area contributed by atoms with E-state index in [1.165, 1.54) is 11.8 Å². The van der Waals surface area contributed by atoms with E-state index >= 15 is 0 Å². The SMILES string of the molecule is COC(=O)Cn1c(=O)c(C(=O)COC(=O)CSc2ccc(C)cc2C)c(N)n(Cc2ccccc2)c1=O. The maximum atomic E-state index is 13.0. The quantitative estimate of drug-likeness (QED) is 0.239. The van der Waals surface area contributed by atoms with E-state index in [2.05, 4.69) is 4.74 Å². The van der Waals surface area contributed by atoms with Crippen molar-refractivity contribution in [1.82, 2.24) is 9.13 Å². The number of nitrogens with zero attached hydrogens (tertiary/aromatic N) is 2. The first-order chi connectivity index (χ1) is 17.6. The minimum Gasteiger partial charge on any atom is -0.468 e. The monoisotopic (exact) mass is 525 g/mol. The van der Waals surface area contributed by atoms with Crippen LogP contribution in [0, 0.1) is 13.8 Å². The van der Waals surface area contributed by atoms with Gasteiger partial charge in [0.05, 0.1) is 19.4 Å². The minimum atomic E-state index is -1.07. The van der Waals surface area contributed by atoms with Crippen molar-refractivity contribution in [2.45, 2.75) is 31.8 Å². The number of hydrogen-bond acceptors (Lipinski definition) is 9. The zero-order chi connectivity index (χ0) is 27.1. The molecular formula is C26H27N3O7S. The molecular weight excluding hydrogens is 498 g/mol. The molecule has 0 spiro atoms. The number of ketones is 1. The molecule has 11 heteroatoms. The Morgan fingerprint density at radius 1 is 0.973 bits per heavy atom. The number of esters is 2. The summed E-state index contributed by atoms with van der Waals surface area (Å²) < 4.78 is 11.3. The van der Waals surface area contributed by atoms with Crippen LogP contribution in [0.5, 0.6) is 0 Å². The van der Waals surface area contributed by atoms with E-state index < -0.39 is 47.7 Å². The highest BCUT2D eigenvalue weighted by atomic mass is 32.2. The van der Waals surface area contributed by atoms with Crippen molar-refractivity contribution in [3.8, 4) is 0 Å². The van der Waals surface area contributed by atoms with Crippen molar-refractivity contribution in [3.63, 3.8) is 0 Å². The number of nitrogens with two attached hydrogens (primary N) is 1. The van der Waals surface area contributed by atoms with Crippen LogP contribution in [0.25, 0.3) is 0 Å². The molecule has 2 aromatic carbocycles. The zero-order valence-corrected chi connectivity index (χ0v) is 21.5. The summed E-state index contributed by atoms with van der Waals surface area (Å²) in [7, 11) is 1.11. The lowest BCUT2D eigenvalue weighted by atomic mass is 10.2. The summed E-state index contributed by atoms with van der Waals surface area (Å²) in [5, 5.41) is 0. The lowest BCUT2D eigenvalue weighted by Crippen LogP contribution is -2.46. The summed E-state index contributed by atoms with van der Waals surface area (Å²) in [5.74, 6) is -2.85. The number of rotatable bonds is 10. The van der Waals surface area contributed by atoms with Gasteiger partial charge in [0.2, 0.25) is 5.78 Å². The molecule has 0 radical (unpaired) electrons.